The maximum atomic E-state index is 12.2. The molecule has 0 aliphatic carbocycles. The lowest BCUT2D eigenvalue weighted by Crippen LogP contribution is -2.15. The number of nitrogens with two attached hydrogens (primary N) is 2. The van der Waals surface area contributed by atoms with Crippen molar-refractivity contribution in [3.63, 3.8) is 0 Å². The van der Waals surface area contributed by atoms with Crippen molar-refractivity contribution in [2.75, 3.05) is 11.5 Å². The van der Waals surface area contributed by atoms with E-state index in [0.717, 1.165) is 11.1 Å². The van der Waals surface area contributed by atoms with Gasteiger partial charge in [-0.1, -0.05) is 24.3 Å². The van der Waals surface area contributed by atoms with Gasteiger partial charge < -0.3 is 20.9 Å². The number of benzene rings is 2. The number of para-hydroxylation sites is 2. The molecule has 0 aromatic heterocycles. The molecular formula is C21H26N2O4. The highest BCUT2D eigenvalue weighted by Crippen LogP contribution is 2.26. The number of carbonyl (C=O) groups is 2. The highest BCUT2D eigenvalue weighted by Gasteiger charge is 2.18. The molecule has 144 valence electrons. The number of nitrogen functional groups attached to an aromatic ring is 2. The number of rotatable bonds is 6. The average molecular weight is 370 g/mol. The van der Waals surface area contributed by atoms with Crippen LogP contribution in [0.25, 0.3) is 0 Å². The predicted molar refractivity (Wildman–Crippen MR) is 106 cm³/mol. The van der Waals surface area contributed by atoms with Crippen LogP contribution in [0, 0.1) is 0 Å². The van der Waals surface area contributed by atoms with E-state index in [-0.39, 0.29) is 12.2 Å². The maximum Gasteiger partial charge on any atom is 0.340 e. The first kappa shape index (κ1) is 20.3. The topological polar surface area (TPSA) is 105 Å². The summed E-state index contributed by atoms with van der Waals surface area (Å²) in [6.07, 6.45) is -0.0943. The first-order chi connectivity index (χ1) is 12.7. The van der Waals surface area contributed by atoms with Gasteiger partial charge in [0.15, 0.2) is 0 Å². The fourth-order valence-electron chi connectivity index (χ4n) is 2.65. The first-order valence-corrected chi connectivity index (χ1v) is 8.87. The molecule has 2 rings (SSSR count). The van der Waals surface area contributed by atoms with Gasteiger partial charge in [-0.3, -0.25) is 0 Å². The lowest BCUT2D eigenvalue weighted by molar-refractivity contribution is 0.0368. The Morgan fingerprint density at radius 3 is 1.48 bits per heavy atom. The van der Waals surface area contributed by atoms with Gasteiger partial charge in [0.25, 0.3) is 0 Å². The Hall–Kier alpha value is -3.02. The molecule has 0 saturated carbocycles. The van der Waals surface area contributed by atoms with Crippen LogP contribution in [0.4, 0.5) is 11.4 Å². The smallest absolute Gasteiger partial charge is 0.340 e. The van der Waals surface area contributed by atoms with E-state index in [0.29, 0.717) is 28.9 Å². The molecule has 0 atom stereocenters. The number of hydrogen-bond acceptors (Lipinski definition) is 6. The summed E-state index contributed by atoms with van der Waals surface area (Å²) < 4.78 is 10.5. The minimum absolute atomic E-state index is 0.236. The van der Waals surface area contributed by atoms with Crippen LogP contribution in [0.2, 0.25) is 0 Å². The standard InChI is InChI=1S/C21H26N2O4/c1-12(2)26-20(24)16-9-5-7-14(18(16)22)11-15-8-6-10-17(19(15)23)21(25)27-13(3)4/h5-10,12-13H,11,22-23H2,1-4H3. The normalized spacial score (nSPS) is 10.9. The van der Waals surface area contributed by atoms with Crippen molar-refractivity contribution in [2.45, 2.75) is 46.3 Å². The third kappa shape index (κ3) is 5.00. The molecular weight excluding hydrogens is 344 g/mol. The Bertz CT molecular complexity index is 775. The lowest BCUT2D eigenvalue weighted by atomic mass is 9.97. The molecule has 2 aromatic carbocycles. The quantitative estimate of drug-likeness (QED) is 0.595. The minimum atomic E-state index is -0.466. The number of esters is 2. The summed E-state index contributed by atoms with van der Waals surface area (Å²) >= 11 is 0. The number of ether oxygens (including phenoxy) is 2. The predicted octanol–water partition coefficient (Wildman–Crippen LogP) is 3.57. The highest BCUT2D eigenvalue weighted by molar-refractivity contribution is 5.97. The van der Waals surface area contributed by atoms with Crippen molar-refractivity contribution in [1.82, 2.24) is 0 Å². The first-order valence-electron chi connectivity index (χ1n) is 8.87. The van der Waals surface area contributed by atoms with E-state index in [1.165, 1.54) is 0 Å². The molecule has 2 aromatic rings. The van der Waals surface area contributed by atoms with Crippen LogP contribution in [0.1, 0.15) is 59.5 Å². The number of anilines is 2. The summed E-state index contributed by atoms with van der Waals surface area (Å²) in [4.78, 5) is 24.4. The Balaban J connectivity index is 2.33. The molecule has 6 heteroatoms. The van der Waals surface area contributed by atoms with Crippen LogP contribution in [-0.2, 0) is 15.9 Å². The van der Waals surface area contributed by atoms with Gasteiger partial charge in [0.1, 0.15) is 0 Å². The van der Waals surface area contributed by atoms with E-state index in [4.69, 9.17) is 20.9 Å². The molecule has 0 unspecified atom stereocenters. The molecule has 0 amide bonds. The van der Waals surface area contributed by atoms with Gasteiger partial charge in [-0.25, -0.2) is 9.59 Å². The van der Waals surface area contributed by atoms with Crippen LogP contribution in [-0.4, -0.2) is 24.1 Å². The molecule has 0 bridgehead atoms. The average Bonchev–Trinajstić information content (AvgIpc) is 2.57. The van der Waals surface area contributed by atoms with E-state index >= 15 is 0 Å². The van der Waals surface area contributed by atoms with Crippen molar-refractivity contribution in [1.29, 1.82) is 0 Å². The maximum absolute atomic E-state index is 12.2. The summed E-state index contributed by atoms with van der Waals surface area (Å²) in [5, 5.41) is 0. The summed E-state index contributed by atoms with van der Waals surface area (Å²) in [6, 6.07) is 10.4. The van der Waals surface area contributed by atoms with Crippen LogP contribution < -0.4 is 11.5 Å². The van der Waals surface area contributed by atoms with Crippen LogP contribution >= 0.6 is 0 Å². The van der Waals surface area contributed by atoms with Crippen molar-refractivity contribution in [2.24, 2.45) is 0 Å². The largest absolute Gasteiger partial charge is 0.459 e. The van der Waals surface area contributed by atoms with E-state index < -0.39 is 11.9 Å². The number of hydrogen-bond donors (Lipinski definition) is 2. The Morgan fingerprint density at radius 2 is 1.15 bits per heavy atom. The molecule has 27 heavy (non-hydrogen) atoms. The van der Waals surface area contributed by atoms with Gasteiger partial charge in [0, 0.05) is 17.8 Å². The van der Waals surface area contributed by atoms with Crippen LogP contribution in [0.3, 0.4) is 0 Å². The fourth-order valence-corrected chi connectivity index (χ4v) is 2.65. The second kappa shape index (κ2) is 8.58. The van der Waals surface area contributed by atoms with E-state index in [1.807, 2.05) is 12.1 Å². The summed E-state index contributed by atoms with van der Waals surface area (Å²) in [5.74, 6) is -0.932. The van der Waals surface area contributed by atoms with Gasteiger partial charge in [-0.05, 0) is 51.0 Å². The molecule has 0 aliphatic rings. The number of carbonyl (C=O) groups excluding carboxylic acids is 2. The molecule has 6 nitrogen and oxygen atoms in total. The zero-order valence-corrected chi connectivity index (χ0v) is 16.1. The molecule has 0 radical (unpaired) electrons. The third-order valence-corrected chi connectivity index (χ3v) is 3.90. The van der Waals surface area contributed by atoms with Crippen molar-refractivity contribution in [3.05, 3.63) is 58.7 Å². The van der Waals surface area contributed by atoms with Crippen LogP contribution in [0.15, 0.2) is 36.4 Å². The van der Waals surface area contributed by atoms with Gasteiger partial charge in [0.05, 0.1) is 23.3 Å². The van der Waals surface area contributed by atoms with Crippen molar-refractivity contribution >= 4 is 23.3 Å². The highest BCUT2D eigenvalue weighted by atomic mass is 16.5. The van der Waals surface area contributed by atoms with Crippen LogP contribution in [0.5, 0.6) is 0 Å². The van der Waals surface area contributed by atoms with E-state index in [9.17, 15) is 9.59 Å². The minimum Gasteiger partial charge on any atom is -0.459 e. The van der Waals surface area contributed by atoms with Gasteiger partial charge >= 0.3 is 11.9 Å². The lowest BCUT2D eigenvalue weighted by Gasteiger charge is -2.15. The Morgan fingerprint density at radius 1 is 0.778 bits per heavy atom. The molecule has 0 saturated heterocycles. The summed E-state index contributed by atoms with van der Waals surface area (Å²) in [5.41, 5.74) is 15.2. The van der Waals surface area contributed by atoms with Gasteiger partial charge in [-0.2, -0.15) is 0 Å². The fraction of sp³-hybridized carbons (Fsp3) is 0.333. The summed E-state index contributed by atoms with van der Waals surface area (Å²) in [7, 11) is 0. The van der Waals surface area contributed by atoms with E-state index in [1.54, 1.807) is 52.0 Å². The van der Waals surface area contributed by atoms with Crippen molar-refractivity contribution in [3.8, 4) is 0 Å². The molecule has 0 fully saturated rings. The second-order valence-electron chi connectivity index (χ2n) is 6.84. The zero-order chi connectivity index (χ0) is 20.1. The monoisotopic (exact) mass is 370 g/mol. The van der Waals surface area contributed by atoms with E-state index in [2.05, 4.69) is 0 Å². The zero-order valence-electron chi connectivity index (χ0n) is 16.1. The summed E-state index contributed by atoms with van der Waals surface area (Å²) in [6.45, 7) is 7.11. The third-order valence-electron chi connectivity index (χ3n) is 3.90. The Labute approximate surface area is 159 Å². The Kier molecular flexibility index (Phi) is 6.45. The SMILES string of the molecule is CC(C)OC(=O)c1cccc(Cc2cccc(C(=O)OC(C)C)c2N)c1N. The second-order valence-corrected chi connectivity index (χ2v) is 6.84. The molecule has 4 N–H and O–H groups in total. The van der Waals surface area contributed by atoms with Crippen molar-refractivity contribution < 1.29 is 19.1 Å². The molecule has 0 spiro atoms. The van der Waals surface area contributed by atoms with Gasteiger partial charge in [-0.15, -0.1) is 0 Å². The molecule has 0 aliphatic heterocycles. The molecule has 0 heterocycles. The van der Waals surface area contributed by atoms with Gasteiger partial charge in [0.2, 0.25) is 0 Å².